The van der Waals surface area contributed by atoms with Gasteiger partial charge >= 0.3 is 0 Å². The van der Waals surface area contributed by atoms with Crippen molar-refractivity contribution in [2.24, 2.45) is 0 Å². The molecule has 2 fully saturated rings. The maximum absolute atomic E-state index is 5.85. The Morgan fingerprint density at radius 2 is 2.11 bits per heavy atom. The van der Waals surface area contributed by atoms with Gasteiger partial charge in [-0.3, -0.25) is 0 Å². The Morgan fingerprint density at radius 1 is 1.37 bits per heavy atom. The first-order valence-electron chi connectivity index (χ1n) is 7.20. The fourth-order valence-electron chi connectivity index (χ4n) is 2.84. The molecule has 1 aromatic heterocycles. The molecule has 0 amide bonds. The molecule has 1 aromatic rings. The molecule has 0 aliphatic carbocycles. The molecule has 2 saturated heterocycles. The van der Waals surface area contributed by atoms with Gasteiger partial charge in [0.2, 0.25) is 5.95 Å². The molecular formula is C14H22N4O. The Kier molecular flexibility index (Phi) is 3.66. The zero-order valence-corrected chi connectivity index (χ0v) is 11.7. The number of fused-ring (bicyclic) bond motifs is 2. The van der Waals surface area contributed by atoms with Crippen molar-refractivity contribution in [3.63, 3.8) is 0 Å². The summed E-state index contributed by atoms with van der Waals surface area (Å²) in [7, 11) is 0. The molecule has 0 aromatic carbocycles. The van der Waals surface area contributed by atoms with E-state index < -0.39 is 0 Å². The van der Waals surface area contributed by atoms with Crippen molar-refractivity contribution in [1.82, 2.24) is 15.3 Å². The van der Waals surface area contributed by atoms with Gasteiger partial charge in [-0.15, -0.1) is 0 Å². The number of anilines is 1. The summed E-state index contributed by atoms with van der Waals surface area (Å²) in [5.74, 6) is 0.859. The molecule has 0 radical (unpaired) electrons. The lowest BCUT2D eigenvalue weighted by molar-refractivity contribution is 0.0299. The molecule has 3 rings (SSSR count). The van der Waals surface area contributed by atoms with Crippen LogP contribution in [0.5, 0.6) is 0 Å². The fraction of sp³-hybridized carbons (Fsp3) is 0.714. The predicted molar refractivity (Wildman–Crippen MR) is 74.3 cm³/mol. The third-order valence-corrected chi connectivity index (χ3v) is 3.96. The van der Waals surface area contributed by atoms with Gasteiger partial charge in [-0.25, -0.2) is 9.97 Å². The summed E-state index contributed by atoms with van der Waals surface area (Å²) in [5, 5.41) is 3.31. The molecule has 2 aliphatic heterocycles. The lowest BCUT2D eigenvalue weighted by Gasteiger charge is -2.32. The van der Waals surface area contributed by atoms with Crippen molar-refractivity contribution >= 4 is 5.95 Å². The van der Waals surface area contributed by atoms with E-state index in [1.165, 1.54) is 18.4 Å². The molecule has 5 nitrogen and oxygen atoms in total. The molecule has 104 valence electrons. The number of rotatable bonds is 4. The topological polar surface area (TPSA) is 50.3 Å². The van der Waals surface area contributed by atoms with E-state index >= 15 is 0 Å². The zero-order valence-electron chi connectivity index (χ0n) is 11.7. The first-order chi connectivity index (χ1) is 9.26. The average Bonchev–Trinajstić information content (AvgIpc) is 2.76. The van der Waals surface area contributed by atoms with E-state index in [1.54, 1.807) is 0 Å². The Hall–Kier alpha value is -1.20. The van der Waals surface area contributed by atoms with Gasteiger partial charge in [-0.05, 0) is 26.3 Å². The minimum atomic E-state index is 0.379. The molecule has 2 bridgehead atoms. The molecule has 3 heterocycles. The van der Waals surface area contributed by atoms with Crippen LogP contribution in [-0.2, 0) is 11.3 Å². The second-order valence-electron chi connectivity index (χ2n) is 5.42. The van der Waals surface area contributed by atoms with E-state index in [9.17, 15) is 0 Å². The summed E-state index contributed by atoms with van der Waals surface area (Å²) >= 11 is 0. The fourth-order valence-corrected chi connectivity index (χ4v) is 2.84. The number of hydrogen-bond donors (Lipinski definition) is 1. The third-order valence-electron chi connectivity index (χ3n) is 3.96. The van der Waals surface area contributed by atoms with E-state index in [0.717, 1.165) is 37.8 Å². The van der Waals surface area contributed by atoms with Crippen molar-refractivity contribution in [2.75, 3.05) is 24.5 Å². The van der Waals surface area contributed by atoms with Gasteiger partial charge in [-0.1, -0.05) is 6.92 Å². The Labute approximate surface area is 114 Å². The minimum absolute atomic E-state index is 0.379. The normalized spacial score (nSPS) is 25.9. The van der Waals surface area contributed by atoms with Crippen LogP contribution >= 0.6 is 0 Å². The van der Waals surface area contributed by atoms with Gasteiger partial charge in [-0.2, -0.15) is 0 Å². The summed E-state index contributed by atoms with van der Waals surface area (Å²) in [4.78, 5) is 11.5. The smallest absolute Gasteiger partial charge is 0.225 e. The van der Waals surface area contributed by atoms with Crippen LogP contribution in [-0.4, -0.2) is 41.8 Å². The summed E-state index contributed by atoms with van der Waals surface area (Å²) in [6.07, 6.45) is 5.07. The molecule has 1 N–H and O–H groups in total. The monoisotopic (exact) mass is 262 g/mol. The molecule has 2 atom stereocenters. The highest BCUT2D eigenvalue weighted by Crippen LogP contribution is 2.28. The molecular weight excluding hydrogens is 240 g/mol. The second-order valence-corrected chi connectivity index (χ2v) is 5.42. The van der Waals surface area contributed by atoms with Crippen LogP contribution in [0, 0.1) is 6.92 Å². The number of ether oxygens (including phenoxy) is 1. The summed E-state index contributed by atoms with van der Waals surface area (Å²) < 4.78 is 5.85. The van der Waals surface area contributed by atoms with Gasteiger partial charge in [0.05, 0.1) is 12.2 Å². The van der Waals surface area contributed by atoms with Crippen LogP contribution < -0.4 is 10.2 Å². The van der Waals surface area contributed by atoms with Crippen molar-refractivity contribution in [2.45, 2.75) is 45.4 Å². The van der Waals surface area contributed by atoms with Crippen LogP contribution in [0.4, 0.5) is 5.95 Å². The highest BCUT2D eigenvalue weighted by Gasteiger charge is 2.34. The first-order valence-corrected chi connectivity index (χ1v) is 7.20. The Morgan fingerprint density at radius 3 is 2.74 bits per heavy atom. The number of hydrogen-bond acceptors (Lipinski definition) is 5. The predicted octanol–water partition coefficient (Wildman–Crippen LogP) is 1.26. The maximum atomic E-state index is 5.85. The van der Waals surface area contributed by atoms with Crippen molar-refractivity contribution in [1.29, 1.82) is 0 Å². The SMILES string of the molecule is CCNCc1cnc(N2CC3CCC(C2)O3)nc1C. The Balaban J connectivity index is 1.73. The van der Waals surface area contributed by atoms with E-state index in [4.69, 9.17) is 4.74 Å². The molecule has 5 heteroatoms. The molecule has 0 saturated carbocycles. The molecule has 2 aliphatic rings. The van der Waals surface area contributed by atoms with E-state index in [1.807, 2.05) is 6.20 Å². The summed E-state index contributed by atoms with van der Waals surface area (Å²) in [6.45, 7) is 7.84. The van der Waals surface area contributed by atoms with Crippen LogP contribution in [0.1, 0.15) is 31.0 Å². The van der Waals surface area contributed by atoms with Crippen molar-refractivity contribution < 1.29 is 4.74 Å². The van der Waals surface area contributed by atoms with Crippen LogP contribution in [0.2, 0.25) is 0 Å². The van der Waals surface area contributed by atoms with E-state index in [2.05, 4.69) is 34.0 Å². The lowest BCUT2D eigenvalue weighted by Crippen LogP contribution is -2.43. The Bertz CT molecular complexity index is 439. The zero-order chi connectivity index (χ0) is 13.2. The average molecular weight is 262 g/mol. The van der Waals surface area contributed by atoms with Crippen LogP contribution in [0.25, 0.3) is 0 Å². The highest BCUT2D eigenvalue weighted by molar-refractivity contribution is 5.34. The van der Waals surface area contributed by atoms with Crippen molar-refractivity contribution in [3.8, 4) is 0 Å². The van der Waals surface area contributed by atoms with Crippen LogP contribution in [0.15, 0.2) is 6.20 Å². The van der Waals surface area contributed by atoms with Gasteiger partial charge in [0, 0.05) is 37.1 Å². The first kappa shape index (κ1) is 12.8. The van der Waals surface area contributed by atoms with Gasteiger partial charge in [0.1, 0.15) is 0 Å². The van der Waals surface area contributed by atoms with Gasteiger partial charge in [0.25, 0.3) is 0 Å². The third kappa shape index (κ3) is 2.72. The highest BCUT2D eigenvalue weighted by atomic mass is 16.5. The number of aromatic nitrogens is 2. The van der Waals surface area contributed by atoms with E-state index in [0.29, 0.717) is 12.2 Å². The molecule has 19 heavy (non-hydrogen) atoms. The van der Waals surface area contributed by atoms with Gasteiger partial charge < -0.3 is 15.0 Å². The van der Waals surface area contributed by atoms with Crippen molar-refractivity contribution in [3.05, 3.63) is 17.5 Å². The van der Waals surface area contributed by atoms with Gasteiger partial charge in [0.15, 0.2) is 0 Å². The summed E-state index contributed by atoms with van der Waals surface area (Å²) in [5.41, 5.74) is 2.26. The minimum Gasteiger partial charge on any atom is -0.371 e. The largest absolute Gasteiger partial charge is 0.371 e. The second kappa shape index (κ2) is 5.43. The van der Waals surface area contributed by atoms with E-state index in [-0.39, 0.29) is 0 Å². The summed E-state index contributed by atoms with van der Waals surface area (Å²) in [6, 6.07) is 0. The molecule has 2 unspecified atom stereocenters. The standard InChI is InChI=1S/C14H22N4O/c1-3-15-6-11-7-16-14(17-10(11)2)18-8-12-4-5-13(9-18)19-12/h7,12-13,15H,3-6,8-9H2,1-2H3. The number of morpholine rings is 1. The lowest BCUT2D eigenvalue weighted by atomic mass is 10.2. The number of nitrogens with zero attached hydrogens (tertiary/aromatic N) is 3. The number of nitrogens with one attached hydrogen (secondary N) is 1. The quantitative estimate of drug-likeness (QED) is 0.885. The maximum Gasteiger partial charge on any atom is 0.225 e. The van der Waals surface area contributed by atoms with Crippen LogP contribution in [0.3, 0.4) is 0 Å². The number of aryl methyl sites for hydroxylation is 1. The molecule has 0 spiro atoms.